The van der Waals surface area contributed by atoms with Crippen molar-refractivity contribution in [2.75, 3.05) is 68.6 Å². The molecule has 0 aromatic rings. The summed E-state index contributed by atoms with van der Waals surface area (Å²) in [4.78, 5) is 10.9. The number of rotatable bonds is 8. The third-order valence-corrected chi connectivity index (χ3v) is 2.66. The summed E-state index contributed by atoms with van der Waals surface area (Å²) >= 11 is 4.75. The van der Waals surface area contributed by atoms with Gasteiger partial charge in [-0.25, -0.2) is 0 Å². The highest BCUT2D eigenvalue weighted by molar-refractivity contribution is 14.0. The van der Waals surface area contributed by atoms with Gasteiger partial charge in [-0.1, -0.05) is 6.92 Å². The van der Waals surface area contributed by atoms with E-state index in [9.17, 15) is 4.79 Å². The summed E-state index contributed by atoms with van der Waals surface area (Å²) in [6.07, 6.45) is 1.40. The van der Waals surface area contributed by atoms with E-state index in [4.69, 9.17) is 21.7 Å². The second kappa shape index (κ2) is 14.4. The molecule has 0 fully saturated rings. The fourth-order valence-electron chi connectivity index (χ4n) is 1.17. The number of halogens is 1. The second-order valence-corrected chi connectivity index (χ2v) is 7.91. The van der Waals surface area contributed by atoms with Crippen LogP contribution in [0.5, 0.6) is 0 Å². The summed E-state index contributed by atoms with van der Waals surface area (Å²) < 4.78 is 11.9. The lowest BCUT2D eigenvalue weighted by Crippen LogP contribution is -2.37. The lowest BCUT2D eigenvalue weighted by Gasteiger charge is -2.23. The Morgan fingerprint density at radius 2 is 1.30 bits per heavy atom. The predicted molar refractivity (Wildman–Crippen MR) is 111 cm³/mol. The highest BCUT2D eigenvalue weighted by Gasteiger charge is 2.08. The third kappa shape index (κ3) is 30.5. The van der Waals surface area contributed by atoms with Crippen LogP contribution < -0.4 is 0 Å². The van der Waals surface area contributed by atoms with Gasteiger partial charge in [0.2, 0.25) is 0 Å². The Balaban J connectivity index is -0.000000338. The predicted octanol–water partition coefficient (Wildman–Crippen LogP) is 2.71. The summed E-state index contributed by atoms with van der Waals surface area (Å²) in [6.45, 7) is 6.89. The number of carbonyl (C=O) groups is 1. The van der Waals surface area contributed by atoms with Gasteiger partial charge in [0.1, 0.15) is 26.3 Å². The first kappa shape index (κ1) is 27.8. The van der Waals surface area contributed by atoms with Gasteiger partial charge in [0.15, 0.2) is 5.05 Å². The molecular formula is C16H37IN2O3S+2. The first-order valence-corrected chi connectivity index (χ1v) is 8.18. The zero-order valence-electron chi connectivity index (χ0n) is 16.2. The molecule has 0 saturated heterocycles. The van der Waals surface area contributed by atoms with Gasteiger partial charge < -0.3 is 18.4 Å². The quantitative estimate of drug-likeness (QED) is 0.240. The van der Waals surface area contributed by atoms with Crippen molar-refractivity contribution in [3.8, 4) is 0 Å². The number of hydrogen-bond donors (Lipinski definition) is 0. The molecule has 140 valence electrons. The molecule has 0 aliphatic rings. The van der Waals surface area contributed by atoms with E-state index in [0.717, 1.165) is 35.1 Å². The topological polar surface area (TPSA) is 35.5 Å². The van der Waals surface area contributed by atoms with Crippen molar-refractivity contribution in [2.24, 2.45) is 0 Å². The van der Waals surface area contributed by atoms with E-state index in [1.54, 1.807) is 6.92 Å². The Kier molecular flexibility index (Phi) is 17.4. The first-order chi connectivity index (χ1) is 9.87. The van der Waals surface area contributed by atoms with Crippen molar-refractivity contribution in [3.05, 3.63) is 0 Å². The molecular weight excluding hydrogens is 427 g/mol. The van der Waals surface area contributed by atoms with Gasteiger partial charge in [0.05, 0.1) is 42.3 Å². The maximum atomic E-state index is 10.9. The molecule has 0 rings (SSSR count). The fourth-order valence-corrected chi connectivity index (χ4v) is 1.26. The van der Waals surface area contributed by atoms with Gasteiger partial charge >= 0.3 is 5.97 Å². The van der Waals surface area contributed by atoms with Crippen LogP contribution in [-0.4, -0.2) is 88.6 Å². The Morgan fingerprint density at radius 1 is 0.913 bits per heavy atom. The number of ether oxygens (including phenoxy) is 2. The van der Waals surface area contributed by atoms with E-state index in [1.165, 1.54) is 0 Å². The molecule has 0 spiro atoms. The molecule has 0 heterocycles. The number of likely N-dealkylation sites (N-methyl/N-ethyl adjacent to an activating group) is 2. The summed E-state index contributed by atoms with van der Waals surface area (Å²) in [7, 11) is 12.6. The smallest absolute Gasteiger partial charge is 0.305 e. The van der Waals surface area contributed by atoms with Gasteiger partial charge in [-0.2, -0.15) is 0 Å². The zero-order valence-corrected chi connectivity index (χ0v) is 19.3. The SMILES string of the molecule is CC(=S)OCC[N+](C)(C)C.CCCC(=O)OCC[N+](C)(C)C.I. The Labute approximate surface area is 165 Å². The molecule has 5 nitrogen and oxygen atoms in total. The standard InChI is InChI=1S/C9H20NO2.C7H16NOS.HI/c1-5-6-9(11)12-8-7-10(2,3)4;1-7(10)9-6-5-8(2,3)4;/h5-8H2,1-4H3;5-6H2,1-4H3;1H/q2*+1;. The molecule has 0 atom stereocenters. The number of esters is 1. The minimum absolute atomic E-state index is 0. The van der Waals surface area contributed by atoms with Crippen molar-refractivity contribution in [3.63, 3.8) is 0 Å². The first-order valence-electron chi connectivity index (χ1n) is 7.77. The zero-order chi connectivity index (χ0) is 17.8. The van der Waals surface area contributed by atoms with Crippen LogP contribution in [-0.2, 0) is 14.3 Å². The molecule has 23 heavy (non-hydrogen) atoms. The summed E-state index contributed by atoms with van der Waals surface area (Å²) in [6, 6.07) is 0. The van der Waals surface area contributed by atoms with E-state index in [1.807, 2.05) is 6.92 Å². The van der Waals surface area contributed by atoms with Gasteiger partial charge in [0, 0.05) is 13.3 Å². The van der Waals surface area contributed by atoms with Crippen LogP contribution >= 0.6 is 36.2 Å². The number of carbonyl (C=O) groups excluding carboxylic acids is 1. The molecule has 0 saturated carbocycles. The minimum atomic E-state index is -0.0778. The largest absolute Gasteiger partial charge is 0.481 e. The molecule has 0 bridgehead atoms. The Bertz CT molecular complexity index is 326. The molecule has 0 aliphatic heterocycles. The highest BCUT2D eigenvalue weighted by atomic mass is 127. The lowest BCUT2D eigenvalue weighted by molar-refractivity contribution is -0.870. The molecule has 0 amide bonds. The summed E-state index contributed by atoms with van der Waals surface area (Å²) in [5.74, 6) is -0.0778. The normalized spacial score (nSPS) is 10.8. The second-order valence-electron chi connectivity index (χ2n) is 7.34. The van der Waals surface area contributed by atoms with E-state index in [0.29, 0.717) is 18.1 Å². The van der Waals surface area contributed by atoms with Crippen molar-refractivity contribution in [2.45, 2.75) is 26.7 Å². The molecule has 7 heteroatoms. The van der Waals surface area contributed by atoms with Crippen molar-refractivity contribution in [1.82, 2.24) is 0 Å². The molecule has 0 radical (unpaired) electrons. The monoisotopic (exact) mass is 464 g/mol. The number of thiocarbonyl (C=S) groups is 1. The van der Waals surface area contributed by atoms with Crippen LogP contribution in [0.15, 0.2) is 0 Å². The number of hydrogen-bond acceptors (Lipinski definition) is 4. The molecule has 0 aromatic carbocycles. The third-order valence-electron chi connectivity index (χ3n) is 2.55. The number of nitrogens with zero attached hydrogens (tertiary/aromatic N) is 2. The highest BCUT2D eigenvalue weighted by Crippen LogP contribution is 1.94. The van der Waals surface area contributed by atoms with Crippen molar-refractivity contribution in [1.29, 1.82) is 0 Å². The van der Waals surface area contributed by atoms with E-state index in [-0.39, 0.29) is 29.9 Å². The van der Waals surface area contributed by atoms with Crippen molar-refractivity contribution >= 4 is 47.2 Å². The lowest BCUT2D eigenvalue weighted by atomic mass is 10.3. The maximum Gasteiger partial charge on any atom is 0.305 e. The van der Waals surface area contributed by atoms with Gasteiger partial charge in [-0.15, -0.1) is 24.0 Å². The molecule has 0 unspecified atom stereocenters. The summed E-state index contributed by atoms with van der Waals surface area (Å²) in [5, 5.41) is 0.633. The van der Waals surface area contributed by atoms with Crippen LogP contribution in [0.4, 0.5) is 0 Å². The molecule has 0 aromatic heterocycles. The molecule has 0 N–H and O–H groups in total. The van der Waals surface area contributed by atoms with E-state index in [2.05, 4.69) is 42.3 Å². The maximum absolute atomic E-state index is 10.9. The summed E-state index contributed by atoms with van der Waals surface area (Å²) in [5.41, 5.74) is 0. The molecule has 0 aliphatic carbocycles. The van der Waals surface area contributed by atoms with E-state index < -0.39 is 0 Å². The van der Waals surface area contributed by atoms with Crippen molar-refractivity contribution < 1.29 is 23.2 Å². The van der Waals surface area contributed by atoms with Gasteiger partial charge in [-0.05, 0) is 18.6 Å². The average Bonchev–Trinajstić information content (AvgIpc) is 2.25. The van der Waals surface area contributed by atoms with Gasteiger partial charge in [0.25, 0.3) is 0 Å². The average molecular weight is 464 g/mol. The fraction of sp³-hybridized carbons (Fsp3) is 0.875. The Hall–Kier alpha value is 0.01000. The van der Waals surface area contributed by atoms with Crippen LogP contribution in [0.1, 0.15) is 26.7 Å². The number of quaternary nitrogens is 2. The van der Waals surface area contributed by atoms with Crippen LogP contribution in [0.25, 0.3) is 0 Å². The van der Waals surface area contributed by atoms with E-state index >= 15 is 0 Å². The van der Waals surface area contributed by atoms with Gasteiger partial charge in [-0.3, -0.25) is 4.79 Å². The van der Waals surface area contributed by atoms with Crippen LogP contribution in [0.2, 0.25) is 0 Å². The minimum Gasteiger partial charge on any atom is -0.481 e. The Morgan fingerprint density at radius 3 is 1.61 bits per heavy atom. The van der Waals surface area contributed by atoms with Crippen LogP contribution in [0.3, 0.4) is 0 Å². The van der Waals surface area contributed by atoms with Crippen LogP contribution in [0, 0.1) is 0 Å².